The van der Waals surface area contributed by atoms with Crippen LogP contribution in [0.3, 0.4) is 0 Å². The van der Waals surface area contributed by atoms with Gasteiger partial charge in [-0.15, -0.1) is 0 Å². The topological polar surface area (TPSA) is 29.5 Å². The lowest BCUT2D eigenvalue weighted by Gasteiger charge is -2.41. The zero-order valence-corrected chi connectivity index (χ0v) is 13.1. The number of rotatable bonds is 6. The second-order valence-electron chi connectivity index (χ2n) is 6.38. The van der Waals surface area contributed by atoms with Gasteiger partial charge in [0.1, 0.15) is 0 Å². The van der Waals surface area contributed by atoms with Crippen molar-refractivity contribution >= 4 is 5.97 Å². The van der Waals surface area contributed by atoms with Gasteiger partial charge in [-0.05, 0) is 32.6 Å². The Labute approximate surface area is 124 Å². The summed E-state index contributed by atoms with van der Waals surface area (Å²) >= 11 is 0. The maximum absolute atomic E-state index is 11.7. The van der Waals surface area contributed by atoms with E-state index in [0.717, 1.165) is 18.6 Å². The van der Waals surface area contributed by atoms with E-state index in [2.05, 4.69) is 4.90 Å². The minimum Gasteiger partial charge on any atom is -0.466 e. The van der Waals surface area contributed by atoms with E-state index in [9.17, 15) is 4.79 Å². The zero-order chi connectivity index (χ0) is 14.2. The maximum atomic E-state index is 11.7. The number of hydrogen-bond donors (Lipinski definition) is 0. The highest BCUT2D eigenvalue weighted by Gasteiger charge is 2.28. The summed E-state index contributed by atoms with van der Waals surface area (Å²) in [6.07, 6.45) is 14.2. The molecule has 0 radical (unpaired) electrons. The molecular weight excluding hydrogens is 250 g/mol. The van der Waals surface area contributed by atoms with Gasteiger partial charge in [-0.2, -0.15) is 0 Å². The standard InChI is InChI=1S/C17H31NO2/c1-2-20-17(19)13-14-18(15-9-5-3-6-10-15)16-11-7-4-8-12-16/h15-16H,2-14H2,1H3. The van der Waals surface area contributed by atoms with Gasteiger partial charge in [-0.1, -0.05) is 38.5 Å². The highest BCUT2D eigenvalue weighted by atomic mass is 16.5. The minimum absolute atomic E-state index is 0.0240. The number of ether oxygens (including phenoxy) is 1. The molecule has 0 amide bonds. The van der Waals surface area contributed by atoms with Crippen LogP contribution in [0.4, 0.5) is 0 Å². The predicted octanol–water partition coefficient (Wildman–Crippen LogP) is 3.91. The third-order valence-electron chi connectivity index (χ3n) is 4.97. The van der Waals surface area contributed by atoms with E-state index in [1.165, 1.54) is 64.2 Å². The summed E-state index contributed by atoms with van der Waals surface area (Å²) in [5.74, 6) is -0.0240. The average molecular weight is 281 g/mol. The first-order valence-electron chi connectivity index (χ1n) is 8.72. The molecule has 2 fully saturated rings. The number of nitrogens with zero attached hydrogens (tertiary/aromatic N) is 1. The van der Waals surface area contributed by atoms with Crippen LogP contribution < -0.4 is 0 Å². The van der Waals surface area contributed by atoms with Crippen LogP contribution in [0.25, 0.3) is 0 Å². The van der Waals surface area contributed by atoms with Gasteiger partial charge in [0.2, 0.25) is 0 Å². The number of esters is 1. The van der Waals surface area contributed by atoms with Crippen molar-refractivity contribution in [3.63, 3.8) is 0 Å². The molecule has 0 aliphatic heterocycles. The van der Waals surface area contributed by atoms with Crippen molar-refractivity contribution in [1.29, 1.82) is 0 Å². The summed E-state index contributed by atoms with van der Waals surface area (Å²) in [6, 6.07) is 1.45. The maximum Gasteiger partial charge on any atom is 0.307 e. The smallest absolute Gasteiger partial charge is 0.307 e. The van der Waals surface area contributed by atoms with Crippen molar-refractivity contribution in [3.05, 3.63) is 0 Å². The summed E-state index contributed by atoms with van der Waals surface area (Å²) in [4.78, 5) is 14.3. The molecule has 2 aliphatic carbocycles. The third-order valence-corrected chi connectivity index (χ3v) is 4.97. The average Bonchev–Trinajstić information content (AvgIpc) is 2.50. The van der Waals surface area contributed by atoms with Crippen molar-refractivity contribution in [3.8, 4) is 0 Å². The van der Waals surface area contributed by atoms with E-state index in [1.54, 1.807) is 0 Å². The second-order valence-corrected chi connectivity index (χ2v) is 6.38. The van der Waals surface area contributed by atoms with Crippen molar-refractivity contribution in [1.82, 2.24) is 4.90 Å². The van der Waals surface area contributed by atoms with Gasteiger partial charge >= 0.3 is 5.97 Å². The predicted molar refractivity (Wildman–Crippen MR) is 81.7 cm³/mol. The second kappa shape index (κ2) is 8.66. The Morgan fingerprint density at radius 2 is 1.45 bits per heavy atom. The fraction of sp³-hybridized carbons (Fsp3) is 0.941. The summed E-state index contributed by atoms with van der Waals surface area (Å²) in [5, 5.41) is 0. The number of carbonyl (C=O) groups excluding carboxylic acids is 1. The lowest BCUT2D eigenvalue weighted by molar-refractivity contribution is -0.143. The SMILES string of the molecule is CCOC(=O)CCN(C1CCCCC1)C1CCCCC1. The Bertz CT molecular complexity index is 263. The highest BCUT2D eigenvalue weighted by Crippen LogP contribution is 2.30. The van der Waals surface area contributed by atoms with E-state index in [-0.39, 0.29) is 5.97 Å². The van der Waals surface area contributed by atoms with E-state index in [0.29, 0.717) is 13.0 Å². The van der Waals surface area contributed by atoms with Gasteiger partial charge in [-0.25, -0.2) is 0 Å². The van der Waals surface area contributed by atoms with Gasteiger partial charge in [0.25, 0.3) is 0 Å². The summed E-state index contributed by atoms with van der Waals surface area (Å²) in [7, 11) is 0. The fourth-order valence-electron chi connectivity index (χ4n) is 3.94. The van der Waals surface area contributed by atoms with E-state index < -0.39 is 0 Å². The fourth-order valence-corrected chi connectivity index (χ4v) is 3.94. The molecule has 0 unspecified atom stereocenters. The first-order chi connectivity index (χ1) is 9.81. The molecule has 0 N–H and O–H groups in total. The molecule has 2 rings (SSSR count). The Morgan fingerprint density at radius 3 is 1.90 bits per heavy atom. The molecule has 0 heterocycles. The van der Waals surface area contributed by atoms with Gasteiger partial charge in [0.15, 0.2) is 0 Å². The number of hydrogen-bond acceptors (Lipinski definition) is 3. The lowest BCUT2D eigenvalue weighted by atomic mass is 9.88. The molecule has 0 atom stereocenters. The molecule has 0 aromatic heterocycles. The molecule has 2 saturated carbocycles. The van der Waals surface area contributed by atoms with Crippen LogP contribution in [-0.2, 0) is 9.53 Å². The van der Waals surface area contributed by atoms with Crippen LogP contribution in [0.1, 0.15) is 77.6 Å². The van der Waals surface area contributed by atoms with Crippen molar-refractivity contribution in [2.45, 2.75) is 89.6 Å². The molecular formula is C17H31NO2. The zero-order valence-electron chi connectivity index (χ0n) is 13.1. The van der Waals surface area contributed by atoms with Crippen LogP contribution >= 0.6 is 0 Å². The van der Waals surface area contributed by atoms with Gasteiger partial charge in [-0.3, -0.25) is 9.69 Å². The van der Waals surface area contributed by atoms with Crippen molar-refractivity contribution in [2.24, 2.45) is 0 Å². The molecule has 0 aromatic carbocycles. The van der Waals surface area contributed by atoms with Crippen LogP contribution in [0.5, 0.6) is 0 Å². The molecule has 116 valence electrons. The Kier molecular flexibility index (Phi) is 6.85. The van der Waals surface area contributed by atoms with Gasteiger partial charge < -0.3 is 4.74 Å². The Hall–Kier alpha value is -0.570. The van der Waals surface area contributed by atoms with Crippen LogP contribution in [0.15, 0.2) is 0 Å². The molecule has 0 saturated heterocycles. The Balaban J connectivity index is 1.89. The van der Waals surface area contributed by atoms with E-state index in [4.69, 9.17) is 4.74 Å². The van der Waals surface area contributed by atoms with Crippen LogP contribution in [0.2, 0.25) is 0 Å². The third kappa shape index (κ3) is 4.76. The molecule has 0 aromatic rings. The lowest BCUT2D eigenvalue weighted by Crippen LogP contribution is -2.46. The first-order valence-corrected chi connectivity index (χ1v) is 8.72. The summed E-state index contributed by atoms with van der Waals surface area (Å²) in [6.45, 7) is 3.30. The minimum atomic E-state index is -0.0240. The highest BCUT2D eigenvalue weighted by molar-refractivity contribution is 5.69. The molecule has 0 bridgehead atoms. The van der Waals surface area contributed by atoms with Crippen molar-refractivity contribution in [2.75, 3.05) is 13.2 Å². The van der Waals surface area contributed by atoms with E-state index >= 15 is 0 Å². The number of carbonyl (C=O) groups is 1. The van der Waals surface area contributed by atoms with Gasteiger partial charge in [0.05, 0.1) is 13.0 Å². The molecule has 20 heavy (non-hydrogen) atoms. The van der Waals surface area contributed by atoms with Crippen molar-refractivity contribution < 1.29 is 9.53 Å². The normalized spacial score (nSPS) is 22.1. The van der Waals surface area contributed by atoms with E-state index in [1.807, 2.05) is 6.92 Å². The molecule has 3 heteroatoms. The van der Waals surface area contributed by atoms with Crippen LogP contribution in [0, 0.1) is 0 Å². The monoisotopic (exact) mass is 281 g/mol. The molecule has 3 nitrogen and oxygen atoms in total. The first kappa shape index (κ1) is 15.8. The van der Waals surface area contributed by atoms with Crippen LogP contribution in [-0.4, -0.2) is 36.1 Å². The summed E-state index contributed by atoms with van der Waals surface area (Å²) in [5.41, 5.74) is 0. The van der Waals surface area contributed by atoms with Gasteiger partial charge in [0, 0.05) is 18.6 Å². The summed E-state index contributed by atoms with van der Waals surface area (Å²) < 4.78 is 5.10. The Morgan fingerprint density at radius 1 is 0.950 bits per heavy atom. The molecule has 0 spiro atoms. The molecule has 2 aliphatic rings. The largest absolute Gasteiger partial charge is 0.466 e. The quantitative estimate of drug-likeness (QED) is 0.691.